The summed E-state index contributed by atoms with van der Waals surface area (Å²) in [6, 6.07) is 3.49. The van der Waals surface area contributed by atoms with Crippen molar-refractivity contribution >= 4 is 5.82 Å². The number of anilines is 1. The molecular weight excluding hydrogens is 194 g/mol. The van der Waals surface area contributed by atoms with Crippen molar-refractivity contribution < 1.29 is 0 Å². The van der Waals surface area contributed by atoms with E-state index in [1.54, 1.807) is 16.8 Å². The Kier molecular flexibility index (Phi) is 2.30. The Morgan fingerprint density at radius 1 is 1.27 bits per heavy atom. The summed E-state index contributed by atoms with van der Waals surface area (Å²) in [5.41, 5.74) is 2.41. The number of nitrogens with one attached hydrogen (secondary N) is 1. The fraction of sp³-hybridized carbons (Fsp3) is 0.250. The molecule has 0 fully saturated rings. The van der Waals surface area contributed by atoms with Gasteiger partial charge in [0.15, 0.2) is 11.6 Å². The largest absolute Gasteiger partial charge is 0.307 e. The van der Waals surface area contributed by atoms with E-state index >= 15 is 0 Å². The molecule has 0 aliphatic carbocycles. The van der Waals surface area contributed by atoms with E-state index in [4.69, 9.17) is 5.84 Å². The van der Waals surface area contributed by atoms with Gasteiger partial charge in [-0.15, -0.1) is 15.3 Å². The van der Waals surface area contributed by atoms with E-state index in [0.29, 0.717) is 17.5 Å². The van der Waals surface area contributed by atoms with Crippen molar-refractivity contribution in [3.63, 3.8) is 0 Å². The van der Waals surface area contributed by atoms with Gasteiger partial charge in [-0.3, -0.25) is 0 Å². The zero-order valence-electron chi connectivity index (χ0n) is 8.47. The summed E-state index contributed by atoms with van der Waals surface area (Å²) in [6.45, 7) is 3.68. The van der Waals surface area contributed by atoms with E-state index in [2.05, 4.69) is 25.7 Å². The molecule has 0 unspecified atom stereocenters. The van der Waals surface area contributed by atoms with Crippen molar-refractivity contribution in [3.8, 4) is 5.82 Å². The molecule has 0 saturated heterocycles. The number of nitrogen functional groups attached to an aromatic ring is 1. The third-order valence-corrected chi connectivity index (χ3v) is 1.89. The number of hydrogen-bond donors (Lipinski definition) is 2. The maximum atomic E-state index is 5.19. The SMILES string of the molecule is Cc1nc(C)n(-c2ccc(NN)nn2)n1. The molecule has 2 aromatic heterocycles. The Hall–Kier alpha value is -2.02. The van der Waals surface area contributed by atoms with Crippen LogP contribution in [0.25, 0.3) is 5.82 Å². The van der Waals surface area contributed by atoms with Crippen LogP contribution in [0.1, 0.15) is 11.6 Å². The molecule has 7 nitrogen and oxygen atoms in total. The highest BCUT2D eigenvalue weighted by atomic mass is 15.4. The van der Waals surface area contributed by atoms with Gasteiger partial charge in [0.1, 0.15) is 11.6 Å². The van der Waals surface area contributed by atoms with Gasteiger partial charge in [0.2, 0.25) is 0 Å². The lowest BCUT2D eigenvalue weighted by molar-refractivity contribution is 0.780. The number of nitrogens with two attached hydrogens (primary N) is 1. The van der Waals surface area contributed by atoms with Crippen molar-refractivity contribution in [3.05, 3.63) is 23.8 Å². The van der Waals surface area contributed by atoms with Gasteiger partial charge in [-0.1, -0.05) is 0 Å². The molecule has 2 heterocycles. The van der Waals surface area contributed by atoms with Gasteiger partial charge in [-0.2, -0.15) is 4.68 Å². The predicted octanol–water partition coefficient (Wildman–Crippen LogP) is -0.0403. The fourth-order valence-corrected chi connectivity index (χ4v) is 1.25. The molecule has 0 aliphatic rings. The minimum absolute atomic E-state index is 0.508. The van der Waals surface area contributed by atoms with Gasteiger partial charge in [0, 0.05) is 0 Å². The topological polar surface area (TPSA) is 94.5 Å². The van der Waals surface area contributed by atoms with Gasteiger partial charge in [-0.05, 0) is 26.0 Å². The third kappa shape index (κ3) is 1.77. The molecular formula is C8H11N7. The minimum atomic E-state index is 0.508. The van der Waals surface area contributed by atoms with Crippen LogP contribution in [0, 0.1) is 13.8 Å². The van der Waals surface area contributed by atoms with Crippen LogP contribution in [-0.2, 0) is 0 Å². The van der Waals surface area contributed by atoms with Crippen molar-refractivity contribution in [2.75, 3.05) is 5.43 Å². The van der Waals surface area contributed by atoms with Gasteiger partial charge in [0.25, 0.3) is 0 Å². The van der Waals surface area contributed by atoms with E-state index in [0.717, 1.165) is 5.82 Å². The number of hydrazine groups is 1. The lowest BCUT2D eigenvalue weighted by Crippen LogP contribution is -2.10. The smallest absolute Gasteiger partial charge is 0.177 e. The quantitative estimate of drug-likeness (QED) is 0.527. The van der Waals surface area contributed by atoms with E-state index in [1.807, 2.05) is 13.8 Å². The van der Waals surface area contributed by atoms with Gasteiger partial charge in [0.05, 0.1) is 0 Å². The van der Waals surface area contributed by atoms with Crippen molar-refractivity contribution in [2.24, 2.45) is 5.84 Å². The second-order valence-electron chi connectivity index (χ2n) is 3.04. The lowest BCUT2D eigenvalue weighted by Gasteiger charge is -2.01. The van der Waals surface area contributed by atoms with Gasteiger partial charge >= 0.3 is 0 Å². The average molecular weight is 205 g/mol. The summed E-state index contributed by atoms with van der Waals surface area (Å²) in [5, 5.41) is 12.0. The summed E-state index contributed by atoms with van der Waals surface area (Å²) in [7, 11) is 0. The number of aryl methyl sites for hydroxylation is 2. The highest BCUT2D eigenvalue weighted by molar-refractivity contribution is 5.34. The Bertz CT molecular complexity index is 458. The summed E-state index contributed by atoms with van der Waals surface area (Å²) in [4.78, 5) is 4.17. The van der Waals surface area contributed by atoms with Crippen LogP contribution < -0.4 is 11.3 Å². The van der Waals surface area contributed by atoms with Crippen LogP contribution in [0.5, 0.6) is 0 Å². The number of nitrogens with zero attached hydrogens (tertiary/aromatic N) is 5. The molecule has 0 saturated carbocycles. The Labute approximate surface area is 86.3 Å². The highest BCUT2D eigenvalue weighted by Gasteiger charge is 2.06. The molecule has 0 atom stereocenters. The molecule has 7 heteroatoms. The first-order chi connectivity index (χ1) is 7.20. The fourth-order valence-electron chi connectivity index (χ4n) is 1.25. The molecule has 0 bridgehead atoms. The normalized spacial score (nSPS) is 10.3. The Morgan fingerprint density at radius 3 is 2.53 bits per heavy atom. The average Bonchev–Trinajstić information content (AvgIpc) is 2.58. The molecule has 0 amide bonds. The van der Waals surface area contributed by atoms with E-state index < -0.39 is 0 Å². The number of aromatic nitrogens is 5. The maximum Gasteiger partial charge on any atom is 0.177 e. The molecule has 2 aromatic rings. The highest BCUT2D eigenvalue weighted by Crippen LogP contribution is 2.07. The van der Waals surface area contributed by atoms with Crippen LogP contribution in [0.15, 0.2) is 12.1 Å². The summed E-state index contributed by atoms with van der Waals surface area (Å²) < 4.78 is 1.63. The Morgan fingerprint density at radius 2 is 2.07 bits per heavy atom. The molecule has 0 aromatic carbocycles. The zero-order chi connectivity index (χ0) is 10.8. The first-order valence-corrected chi connectivity index (χ1v) is 4.41. The molecule has 3 N–H and O–H groups in total. The first-order valence-electron chi connectivity index (χ1n) is 4.41. The first kappa shape index (κ1) is 9.53. The third-order valence-electron chi connectivity index (χ3n) is 1.89. The second-order valence-corrected chi connectivity index (χ2v) is 3.04. The van der Waals surface area contributed by atoms with E-state index in [-0.39, 0.29) is 0 Å². The predicted molar refractivity (Wildman–Crippen MR) is 54.2 cm³/mol. The van der Waals surface area contributed by atoms with Crippen LogP contribution in [0.4, 0.5) is 5.82 Å². The molecule has 2 rings (SSSR count). The van der Waals surface area contributed by atoms with Gasteiger partial charge < -0.3 is 5.43 Å². The minimum Gasteiger partial charge on any atom is -0.307 e. The van der Waals surface area contributed by atoms with E-state index in [1.165, 1.54) is 0 Å². The monoisotopic (exact) mass is 205 g/mol. The number of hydrogen-bond acceptors (Lipinski definition) is 6. The summed E-state index contributed by atoms with van der Waals surface area (Å²) >= 11 is 0. The maximum absolute atomic E-state index is 5.19. The summed E-state index contributed by atoms with van der Waals surface area (Å²) in [6.07, 6.45) is 0. The second kappa shape index (κ2) is 3.62. The van der Waals surface area contributed by atoms with Crippen LogP contribution in [0.3, 0.4) is 0 Å². The van der Waals surface area contributed by atoms with Crippen molar-refractivity contribution in [1.82, 2.24) is 25.0 Å². The van der Waals surface area contributed by atoms with Crippen LogP contribution in [0.2, 0.25) is 0 Å². The molecule has 0 radical (unpaired) electrons. The summed E-state index contributed by atoms with van der Waals surface area (Å²) in [5.74, 6) is 7.79. The molecule has 78 valence electrons. The van der Waals surface area contributed by atoms with E-state index in [9.17, 15) is 0 Å². The molecule has 0 spiro atoms. The molecule has 0 aliphatic heterocycles. The van der Waals surface area contributed by atoms with Crippen LogP contribution >= 0.6 is 0 Å². The van der Waals surface area contributed by atoms with Gasteiger partial charge in [-0.25, -0.2) is 10.8 Å². The lowest BCUT2D eigenvalue weighted by atomic mass is 10.5. The zero-order valence-corrected chi connectivity index (χ0v) is 8.47. The van der Waals surface area contributed by atoms with Crippen molar-refractivity contribution in [2.45, 2.75) is 13.8 Å². The molecule has 15 heavy (non-hydrogen) atoms. The van der Waals surface area contributed by atoms with Crippen molar-refractivity contribution in [1.29, 1.82) is 0 Å². The van der Waals surface area contributed by atoms with Crippen LogP contribution in [-0.4, -0.2) is 25.0 Å². The standard InChI is InChI=1S/C8H11N7/c1-5-10-6(2)15(14-5)8-4-3-7(11-9)12-13-8/h3-4H,9H2,1-2H3,(H,11,12). The Balaban J connectivity index is 2.41. The number of rotatable bonds is 2.